The van der Waals surface area contributed by atoms with Gasteiger partial charge in [-0.3, -0.25) is 4.79 Å². The van der Waals surface area contributed by atoms with Crippen LogP contribution in [0.25, 0.3) is 0 Å². The zero-order valence-electron chi connectivity index (χ0n) is 12.5. The first kappa shape index (κ1) is 17.1. The van der Waals surface area contributed by atoms with Gasteiger partial charge in [0.2, 0.25) is 5.91 Å². The molecule has 0 saturated heterocycles. The normalized spacial score (nSPS) is 10.5. The summed E-state index contributed by atoms with van der Waals surface area (Å²) in [6.45, 7) is 5.15. The molecule has 6 heteroatoms. The average Bonchev–Trinajstić information content (AvgIpc) is 2.44. The van der Waals surface area contributed by atoms with Gasteiger partial charge >= 0.3 is 5.97 Å². The van der Waals surface area contributed by atoms with E-state index in [2.05, 4.69) is 15.4 Å². The number of esters is 1. The minimum Gasteiger partial charge on any atom is -0.465 e. The molecular weight excluding hydrogens is 275 g/mol. The first-order chi connectivity index (χ1) is 9.93. The highest BCUT2D eigenvalue weighted by Gasteiger charge is 2.12. The van der Waals surface area contributed by atoms with E-state index < -0.39 is 11.8 Å². The van der Waals surface area contributed by atoms with Crippen LogP contribution >= 0.6 is 0 Å². The van der Waals surface area contributed by atoms with Crippen molar-refractivity contribution in [1.82, 2.24) is 10.6 Å². The Bertz CT molecular complexity index is 504. The molecule has 0 heterocycles. The maximum atomic E-state index is 13.7. The molecule has 0 saturated carbocycles. The third kappa shape index (κ3) is 5.91. The smallest absolute Gasteiger partial charge is 0.340 e. The fourth-order valence-electron chi connectivity index (χ4n) is 1.64. The summed E-state index contributed by atoms with van der Waals surface area (Å²) in [5, 5.41) is 5.69. The largest absolute Gasteiger partial charge is 0.465 e. The van der Waals surface area contributed by atoms with Crippen molar-refractivity contribution in [2.45, 2.75) is 20.4 Å². The number of halogens is 1. The van der Waals surface area contributed by atoms with Gasteiger partial charge in [-0.05, 0) is 23.6 Å². The number of carbonyl (C=O) groups excluding carboxylic acids is 2. The minimum atomic E-state index is -0.708. The molecule has 21 heavy (non-hydrogen) atoms. The number of methoxy groups -OCH3 is 1. The molecule has 2 N–H and O–H groups in total. The van der Waals surface area contributed by atoms with Crippen LogP contribution in [0, 0.1) is 11.7 Å². The lowest BCUT2D eigenvalue weighted by atomic mass is 10.1. The highest BCUT2D eigenvalue weighted by Crippen LogP contribution is 2.11. The van der Waals surface area contributed by atoms with Crippen LogP contribution in [-0.4, -0.2) is 32.1 Å². The number of carbonyl (C=O) groups is 2. The SMILES string of the molecule is COC(=O)c1ccc(CNCC(=O)NCC(C)C)cc1F. The van der Waals surface area contributed by atoms with E-state index in [1.807, 2.05) is 13.8 Å². The molecule has 0 aliphatic heterocycles. The quantitative estimate of drug-likeness (QED) is 0.748. The highest BCUT2D eigenvalue weighted by atomic mass is 19.1. The van der Waals surface area contributed by atoms with E-state index >= 15 is 0 Å². The molecule has 1 rings (SSSR count). The van der Waals surface area contributed by atoms with Gasteiger partial charge in [-0.25, -0.2) is 9.18 Å². The molecule has 1 aromatic rings. The van der Waals surface area contributed by atoms with Crippen molar-refractivity contribution in [2.24, 2.45) is 5.92 Å². The fourth-order valence-corrected chi connectivity index (χ4v) is 1.64. The number of rotatable bonds is 7. The van der Waals surface area contributed by atoms with Gasteiger partial charge in [0, 0.05) is 13.1 Å². The second-order valence-corrected chi connectivity index (χ2v) is 5.11. The molecular formula is C15H21FN2O3. The van der Waals surface area contributed by atoms with Crippen LogP contribution < -0.4 is 10.6 Å². The fraction of sp³-hybridized carbons (Fsp3) is 0.467. The van der Waals surface area contributed by atoms with E-state index in [0.717, 1.165) is 0 Å². The summed E-state index contributed by atoms with van der Waals surface area (Å²) in [6, 6.07) is 4.25. The predicted octanol–water partition coefficient (Wildman–Crippen LogP) is 1.47. The van der Waals surface area contributed by atoms with Gasteiger partial charge in [-0.15, -0.1) is 0 Å². The molecule has 1 amide bonds. The van der Waals surface area contributed by atoms with Crippen LogP contribution in [0.3, 0.4) is 0 Å². The Balaban J connectivity index is 2.44. The van der Waals surface area contributed by atoms with E-state index in [-0.39, 0.29) is 18.0 Å². The van der Waals surface area contributed by atoms with Gasteiger partial charge in [-0.1, -0.05) is 19.9 Å². The van der Waals surface area contributed by atoms with E-state index in [0.29, 0.717) is 24.6 Å². The van der Waals surface area contributed by atoms with Crippen molar-refractivity contribution in [3.8, 4) is 0 Å². The number of amides is 1. The molecule has 0 bridgehead atoms. The van der Waals surface area contributed by atoms with Crippen molar-refractivity contribution in [3.63, 3.8) is 0 Å². The van der Waals surface area contributed by atoms with Crippen LogP contribution in [0.2, 0.25) is 0 Å². The van der Waals surface area contributed by atoms with Crippen LogP contribution in [0.4, 0.5) is 4.39 Å². The lowest BCUT2D eigenvalue weighted by Gasteiger charge is -2.09. The summed E-state index contributed by atoms with van der Waals surface area (Å²) in [7, 11) is 1.20. The monoisotopic (exact) mass is 296 g/mol. The van der Waals surface area contributed by atoms with Crippen LogP contribution in [0.1, 0.15) is 29.8 Å². The van der Waals surface area contributed by atoms with Gasteiger partial charge in [0.05, 0.1) is 19.2 Å². The van der Waals surface area contributed by atoms with Gasteiger partial charge in [0.1, 0.15) is 5.82 Å². The number of hydrogen-bond donors (Lipinski definition) is 2. The first-order valence-corrected chi connectivity index (χ1v) is 6.78. The van der Waals surface area contributed by atoms with Crippen LogP contribution in [-0.2, 0) is 16.1 Å². The second kappa shape index (κ2) is 8.36. The Morgan fingerprint density at radius 2 is 2.05 bits per heavy atom. The lowest BCUT2D eigenvalue weighted by molar-refractivity contribution is -0.120. The zero-order valence-corrected chi connectivity index (χ0v) is 12.5. The van der Waals surface area contributed by atoms with Crippen molar-refractivity contribution < 1.29 is 18.7 Å². The number of benzene rings is 1. The van der Waals surface area contributed by atoms with Crippen molar-refractivity contribution >= 4 is 11.9 Å². The zero-order chi connectivity index (χ0) is 15.8. The van der Waals surface area contributed by atoms with Crippen LogP contribution in [0.5, 0.6) is 0 Å². The molecule has 1 aromatic carbocycles. The molecule has 0 aliphatic rings. The standard InChI is InChI=1S/C15H21FN2O3/c1-10(2)7-18-14(19)9-17-8-11-4-5-12(13(16)6-11)15(20)21-3/h4-6,10,17H,7-9H2,1-3H3,(H,18,19). The summed E-state index contributed by atoms with van der Waals surface area (Å²) >= 11 is 0. The van der Waals surface area contributed by atoms with Gasteiger partial charge in [-0.2, -0.15) is 0 Å². The molecule has 0 radical (unpaired) electrons. The summed E-state index contributed by atoms with van der Waals surface area (Å²) in [6.07, 6.45) is 0. The predicted molar refractivity (Wildman–Crippen MR) is 77.3 cm³/mol. The molecule has 0 fully saturated rings. The Kier molecular flexibility index (Phi) is 6.81. The van der Waals surface area contributed by atoms with Crippen molar-refractivity contribution in [2.75, 3.05) is 20.2 Å². The third-order valence-electron chi connectivity index (χ3n) is 2.76. The molecule has 0 spiro atoms. The topological polar surface area (TPSA) is 67.4 Å². The lowest BCUT2D eigenvalue weighted by Crippen LogP contribution is -2.35. The van der Waals surface area contributed by atoms with Crippen molar-refractivity contribution in [3.05, 3.63) is 35.1 Å². The van der Waals surface area contributed by atoms with Gasteiger partial charge in [0.15, 0.2) is 0 Å². The molecule has 116 valence electrons. The van der Waals surface area contributed by atoms with Crippen LogP contribution in [0.15, 0.2) is 18.2 Å². The van der Waals surface area contributed by atoms with E-state index in [1.54, 1.807) is 6.07 Å². The van der Waals surface area contributed by atoms with E-state index in [9.17, 15) is 14.0 Å². The summed E-state index contributed by atoms with van der Waals surface area (Å²) in [4.78, 5) is 22.7. The third-order valence-corrected chi connectivity index (χ3v) is 2.76. The maximum absolute atomic E-state index is 13.7. The number of hydrogen-bond acceptors (Lipinski definition) is 4. The second-order valence-electron chi connectivity index (χ2n) is 5.11. The maximum Gasteiger partial charge on any atom is 0.340 e. The molecule has 0 unspecified atom stereocenters. The Labute approximate surface area is 123 Å². The Morgan fingerprint density at radius 3 is 2.62 bits per heavy atom. The Hall–Kier alpha value is -1.95. The van der Waals surface area contributed by atoms with Gasteiger partial charge < -0.3 is 15.4 Å². The molecule has 0 aromatic heterocycles. The number of ether oxygens (including phenoxy) is 1. The number of nitrogens with one attached hydrogen (secondary N) is 2. The Morgan fingerprint density at radius 1 is 1.33 bits per heavy atom. The summed E-state index contributed by atoms with van der Waals surface area (Å²) in [5.41, 5.74) is 0.549. The van der Waals surface area contributed by atoms with E-state index in [4.69, 9.17) is 0 Å². The molecule has 5 nitrogen and oxygen atoms in total. The van der Waals surface area contributed by atoms with Gasteiger partial charge in [0.25, 0.3) is 0 Å². The van der Waals surface area contributed by atoms with E-state index in [1.165, 1.54) is 19.2 Å². The van der Waals surface area contributed by atoms with Crippen molar-refractivity contribution in [1.29, 1.82) is 0 Å². The average molecular weight is 296 g/mol. The molecule has 0 atom stereocenters. The first-order valence-electron chi connectivity index (χ1n) is 6.78. The minimum absolute atomic E-state index is 0.101. The highest BCUT2D eigenvalue weighted by molar-refractivity contribution is 5.89. The molecule has 0 aliphatic carbocycles. The summed E-state index contributed by atoms with van der Waals surface area (Å²) < 4.78 is 18.1. The summed E-state index contributed by atoms with van der Waals surface area (Å²) in [5.74, 6) is -1.05.